The summed E-state index contributed by atoms with van der Waals surface area (Å²) in [6.45, 7) is 5.19. The second kappa shape index (κ2) is 5.00. The summed E-state index contributed by atoms with van der Waals surface area (Å²) in [5.74, 6) is 0. The zero-order valence-corrected chi connectivity index (χ0v) is 9.61. The monoisotopic (exact) mass is 215 g/mol. The summed E-state index contributed by atoms with van der Waals surface area (Å²) in [6.07, 6.45) is 1.16. The zero-order chi connectivity index (χ0) is 11.4. The molecular weight excluding hydrogens is 198 g/mol. The molecule has 1 unspecified atom stereocenters. The van der Waals surface area contributed by atoms with Crippen molar-refractivity contribution in [3.8, 4) is 6.07 Å². The van der Waals surface area contributed by atoms with Crippen LogP contribution in [0.25, 0.3) is 0 Å². The van der Waals surface area contributed by atoms with Gasteiger partial charge < -0.3 is 10.2 Å². The Morgan fingerprint density at radius 3 is 3.06 bits per heavy atom. The van der Waals surface area contributed by atoms with Crippen LogP contribution in [-0.4, -0.2) is 25.7 Å². The van der Waals surface area contributed by atoms with E-state index in [-0.39, 0.29) is 0 Å². The van der Waals surface area contributed by atoms with Gasteiger partial charge in [-0.3, -0.25) is 0 Å². The van der Waals surface area contributed by atoms with E-state index >= 15 is 0 Å². The minimum atomic E-state index is 0.566. The average Bonchev–Trinajstić information content (AvgIpc) is 2.78. The SMILES string of the molecule is CCNC1CCN(c2ccccc2C#N)C1. The Morgan fingerprint density at radius 2 is 2.31 bits per heavy atom. The predicted octanol–water partition coefficient (Wildman–Crippen LogP) is 1.75. The van der Waals surface area contributed by atoms with Crippen LogP contribution < -0.4 is 10.2 Å². The van der Waals surface area contributed by atoms with E-state index in [1.54, 1.807) is 0 Å². The number of anilines is 1. The summed E-state index contributed by atoms with van der Waals surface area (Å²) in [4.78, 5) is 2.30. The molecule has 1 aliphatic rings. The van der Waals surface area contributed by atoms with Gasteiger partial charge in [0, 0.05) is 19.1 Å². The van der Waals surface area contributed by atoms with E-state index in [1.807, 2.05) is 24.3 Å². The van der Waals surface area contributed by atoms with Crippen LogP contribution in [0.2, 0.25) is 0 Å². The maximum atomic E-state index is 9.06. The van der Waals surface area contributed by atoms with Crippen LogP contribution in [0.15, 0.2) is 24.3 Å². The predicted molar refractivity (Wildman–Crippen MR) is 65.5 cm³/mol. The molecule has 84 valence electrons. The summed E-state index contributed by atoms with van der Waals surface area (Å²) in [5, 5.41) is 12.5. The summed E-state index contributed by atoms with van der Waals surface area (Å²) in [5.41, 5.74) is 1.85. The van der Waals surface area contributed by atoms with E-state index in [0.717, 1.165) is 37.3 Å². The highest BCUT2D eigenvalue weighted by Gasteiger charge is 2.22. The van der Waals surface area contributed by atoms with Crippen molar-refractivity contribution in [3.63, 3.8) is 0 Å². The van der Waals surface area contributed by atoms with Crippen LogP contribution in [0.5, 0.6) is 0 Å². The lowest BCUT2D eigenvalue weighted by atomic mass is 10.2. The van der Waals surface area contributed by atoms with E-state index in [9.17, 15) is 0 Å². The summed E-state index contributed by atoms with van der Waals surface area (Å²) >= 11 is 0. The molecule has 1 fully saturated rings. The van der Waals surface area contributed by atoms with Gasteiger partial charge in [-0.15, -0.1) is 0 Å². The lowest BCUT2D eigenvalue weighted by Crippen LogP contribution is -2.32. The number of nitrogens with one attached hydrogen (secondary N) is 1. The highest BCUT2D eigenvalue weighted by Crippen LogP contribution is 2.23. The van der Waals surface area contributed by atoms with Crippen LogP contribution in [0, 0.1) is 11.3 Å². The molecule has 0 aliphatic carbocycles. The number of hydrogen-bond acceptors (Lipinski definition) is 3. The minimum absolute atomic E-state index is 0.566. The van der Waals surface area contributed by atoms with Gasteiger partial charge in [-0.05, 0) is 25.1 Å². The molecule has 1 N–H and O–H groups in total. The molecule has 1 aromatic rings. The van der Waals surface area contributed by atoms with Gasteiger partial charge in [0.2, 0.25) is 0 Å². The van der Waals surface area contributed by atoms with E-state index in [0.29, 0.717) is 6.04 Å². The third-order valence-corrected chi connectivity index (χ3v) is 3.05. The number of likely N-dealkylation sites (N-methyl/N-ethyl adjacent to an activating group) is 1. The Kier molecular flexibility index (Phi) is 3.43. The standard InChI is InChI=1S/C13H17N3/c1-2-15-12-7-8-16(10-12)13-6-4-3-5-11(13)9-14/h3-6,12,15H,2,7-8,10H2,1H3. The Morgan fingerprint density at radius 1 is 1.50 bits per heavy atom. The van der Waals surface area contributed by atoms with Crippen LogP contribution in [0.3, 0.4) is 0 Å². The molecular formula is C13H17N3. The first-order valence-corrected chi connectivity index (χ1v) is 5.82. The molecule has 3 nitrogen and oxygen atoms in total. The fourth-order valence-corrected chi connectivity index (χ4v) is 2.28. The maximum absolute atomic E-state index is 9.06. The molecule has 0 radical (unpaired) electrons. The first kappa shape index (κ1) is 11.0. The Labute approximate surface area is 96.7 Å². The molecule has 0 bridgehead atoms. The lowest BCUT2D eigenvalue weighted by molar-refractivity contribution is 0.572. The number of rotatable bonds is 3. The van der Waals surface area contributed by atoms with Crippen molar-refractivity contribution in [2.45, 2.75) is 19.4 Å². The number of nitrogens with zero attached hydrogens (tertiary/aromatic N) is 2. The third kappa shape index (κ3) is 2.17. The largest absolute Gasteiger partial charge is 0.369 e. The molecule has 0 amide bonds. The van der Waals surface area contributed by atoms with E-state index < -0.39 is 0 Å². The molecule has 0 saturated carbocycles. The fourth-order valence-electron chi connectivity index (χ4n) is 2.28. The van der Waals surface area contributed by atoms with E-state index in [2.05, 4.69) is 23.2 Å². The smallest absolute Gasteiger partial charge is 0.101 e. The summed E-state index contributed by atoms with van der Waals surface area (Å²) < 4.78 is 0. The first-order chi connectivity index (χ1) is 7.85. The molecule has 3 heteroatoms. The van der Waals surface area contributed by atoms with Crippen LogP contribution in [0.1, 0.15) is 18.9 Å². The Bertz CT molecular complexity index is 394. The summed E-state index contributed by atoms with van der Waals surface area (Å²) in [6, 6.07) is 10.7. The van der Waals surface area contributed by atoms with Crippen molar-refractivity contribution in [3.05, 3.63) is 29.8 Å². The van der Waals surface area contributed by atoms with E-state index in [1.165, 1.54) is 0 Å². The molecule has 0 aromatic heterocycles. The van der Waals surface area contributed by atoms with E-state index in [4.69, 9.17) is 5.26 Å². The molecule has 1 atom stereocenters. The normalized spacial score (nSPS) is 19.8. The van der Waals surface area contributed by atoms with Crippen molar-refractivity contribution in [1.82, 2.24) is 5.32 Å². The number of hydrogen-bond donors (Lipinski definition) is 1. The van der Waals surface area contributed by atoms with Crippen LogP contribution in [-0.2, 0) is 0 Å². The zero-order valence-electron chi connectivity index (χ0n) is 9.61. The highest BCUT2D eigenvalue weighted by molar-refractivity contribution is 5.59. The number of nitriles is 1. The Balaban J connectivity index is 2.12. The fraction of sp³-hybridized carbons (Fsp3) is 0.462. The van der Waals surface area contributed by atoms with Crippen molar-refractivity contribution in [2.24, 2.45) is 0 Å². The second-order valence-corrected chi connectivity index (χ2v) is 4.12. The first-order valence-electron chi connectivity index (χ1n) is 5.82. The minimum Gasteiger partial charge on any atom is -0.369 e. The molecule has 0 spiro atoms. The number of para-hydroxylation sites is 1. The summed E-state index contributed by atoms with van der Waals surface area (Å²) in [7, 11) is 0. The second-order valence-electron chi connectivity index (χ2n) is 4.12. The Hall–Kier alpha value is -1.53. The van der Waals surface area contributed by atoms with Crippen molar-refractivity contribution < 1.29 is 0 Å². The number of benzene rings is 1. The molecule has 1 saturated heterocycles. The van der Waals surface area contributed by atoms with Gasteiger partial charge in [0.15, 0.2) is 0 Å². The molecule has 1 aromatic carbocycles. The molecule has 1 heterocycles. The van der Waals surface area contributed by atoms with Crippen LogP contribution >= 0.6 is 0 Å². The highest BCUT2D eigenvalue weighted by atomic mass is 15.2. The quantitative estimate of drug-likeness (QED) is 0.835. The van der Waals surface area contributed by atoms with Gasteiger partial charge in [-0.1, -0.05) is 19.1 Å². The van der Waals surface area contributed by atoms with Crippen LogP contribution in [0.4, 0.5) is 5.69 Å². The van der Waals surface area contributed by atoms with Gasteiger partial charge >= 0.3 is 0 Å². The third-order valence-electron chi connectivity index (χ3n) is 3.05. The van der Waals surface area contributed by atoms with Crippen molar-refractivity contribution >= 4 is 5.69 Å². The maximum Gasteiger partial charge on any atom is 0.101 e. The lowest BCUT2D eigenvalue weighted by Gasteiger charge is -2.19. The van der Waals surface area contributed by atoms with Gasteiger partial charge in [0.25, 0.3) is 0 Å². The van der Waals surface area contributed by atoms with Gasteiger partial charge in [0.05, 0.1) is 11.3 Å². The average molecular weight is 215 g/mol. The molecule has 2 rings (SSSR count). The van der Waals surface area contributed by atoms with Gasteiger partial charge in [0.1, 0.15) is 6.07 Å². The van der Waals surface area contributed by atoms with Gasteiger partial charge in [-0.25, -0.2) is 0 Å². The molecule has 1 aliphatic heterocycles. The van der Waals surface area contributed by atoms with Crippen molar-refractivity contribution in [1.29, 1.82) is 5.26 Å². The van der Waals surface area contributed by atoms with Gasteiger partial charge in [-0.2, -0.15) is 5.26 Å². The van der Waals surface area contributed by atoms with Crippen molar-refractivity contribution in [2.75, 3.05) is 24.5 Å². The molecule has 16 heavy (non-hydrogen) atoms. The topological polar surface area (TPSA) is 39.1 Å².